The number of rotatable bonds is 1. The fourth-order valence-corrected chi connectivity index (χ4v) is 2.70. The first kappa shape index (κ1) is 11.4. The predicted molar refractivity (Wildman–Crippen MR) is 71.2 cm³/mol. The van der Waals surface area contributed by atoms with E-state index in [2.05, 4.69) is 21.3 Å². The number of piperazine rings is 1. The van der Waals surface area contributed by atoms with Gasteiger partial charge in [-0.05, 0) is 31.2 Å². The van der Waals surface area contributed by atoms with Crippen LogP contribution in [0, 0.1) is 11.3 Å². The topological polar surface area (TPSA) is 51.4 Å². The highest BCUT2D eigenvalue weighted by Crippen LogP contribution is 2.29. The van der Waals surface area contributed by atoms with Gasteiger partial charge < -0.3 is 5.32 Å². The maximum atomic E-state index is 9.61. The Labute approximate surface area is 107 Å². The fourth-order valence-electron chi connectivity index (χ4n) is 2.70. The number of allylic oxidation sites excluding steroid dienone is 4. The average molecular weight is 240 g/mol. The normalized spacial score (nSPS) is 31.2. The van der Waals surface area contributed by atoms with E-state index in [1.165, 1.54) is 0 Å². The third-order valence-electron chi connectivity index (χ3n) is 3.65. The Morgan fingerprint density at radius 1 is 1.44 bits per heavy atom. The molecule has 0 saturated carbocycles. The highest BCUT2D eigenvalue weighted by atomic mass is 15.2. The van der Waals surface area contributed by atoms with Crippen LogP contribution in [0.4, 0.5) is 0 Å². The van der Waals surface area contributed by atoms with E-state index in [-0.39, 0.29) is 0 Å². The van der Waals surface area contributed by atoms with Crippen LogP contribution in [-0.2, 0) is 0 Å². The summed E-state index contributed by atoms with van der Waals surface area (Å²) in [5.74, 6) is 0. The van der Waals surface area contributed by atoms with Gasteiger partial charge in [0.25, 0.3) is 0 Å². The van der Waals surface area contributed by atoms with Gasteiger partial charge in [-0.3, -0.25) is 9.89 Å². The van der Waals surface area contributed by atoms with Gasteiger partial charge in [0.05, 0.1) is 11.8 Å². The van der Waals surface area contributed by atoms with Crippen molar-refractivity contribution in [2.75, 3.05) is 26.2 Å². The molecule has 0 aromatic carbocycles. The molecule has 0 aromatic heterocycles. The summed E-state index contributed by atoms with van der Waals surface area (Å²) in [6.07, 6.45) is 8.06. The van der Waals surface area contributed by atoms with Crippen molar-refractivity contribution in [1.82, 2.24) is 10.2 Å². The van der Waals surface area contributed by atoms with Crippen molar-refractivity contribution < 1.29 is 0 Å². The molecule has 0 spiro atoms. The molecule has 2 heterocycles. The van der Waals surface area contributed by atoms with Crippen molar-refractivity contribution in [3.63, 3.8) is 0 Å². The average Bonchev–Trinajstić information content (AvgIpc) is 2.78. The van der Waals surface area contributed by atoms with Crippen LogP contribution in [0.2, 0.25) is 0 Å². The van der Waals surface area contributed by atoms with Crippen molar-refractivity contribution in [2.45, 2.75) is 12.5 Å². The van der Waals surface area contributed by atoms with Crippen LogP contribution in [-0.4, -0.2) is 42.3 Å². The number of nitrogens with zero attached hydrogens (tertiary/aromatic N) is 3. The molecule has 4 heteroatoms. The van der Waals surface area contributed by atoms with Crippen LogP contribution in [0.3, 0.4) is 0 Å². The first-order chi connectivity index (χ1) is 8.73. The van der Waals surface area contributed by atoms with E-state index in [0.717, 1.165) is 43.2 Å². The SMILES string of the molecule is CC1=CC2=CC(C#N)(N3CCNCC3)C=CC2=N1. The Hall–Kier alpha value is -1.70. The van der Waals surface area contributed by atoms with Crippen LogP contribution < -0.4 is 5.32 Å². The molecule has 1 atom stereocenters. The van der Waals surface area contributed by atoms with Crippen molar-refractivity contribution in [2.24, 2.45) is 4.99 Å². The molecule has 1 saturated heterocycles. The summed E-state index contributed by atoms with van der Waals surface area (Å²) in [5, 5.41) is 12.9. The number of fused-ring (bicyclic) bond motifs is 1. The highest BCUT2D eigenvalue weighted by Gasteiger charge is 2.36. The van der Waals surface area contributed by atoms with Gasteiger partial charge in [-0.25, -0.2) is 0 Å². The molecular weight excluding hydrogens is 224 g/mol. The predicted octanol–water partition coefficient (Wildman–Crippen LogP) is 1.01. The minimum Gasteiger partial charge on any atom is -0.314 e. The molecule has 2 aliphatic heterocycles. The first-order valence-corrected chi connectivity index (χ1v) is 6.30. The van der Waals surface area contributed by atoms with E-state index < -0.39 is 5.54 Å². The van der Waals surface area contributed by atoms with Crippen LogP contribution in [0.15, 0.2) is 40.6 Å². The van der Waals surface area contributed by atoms with E-state index in [4.69, 9.17) is 0 Å². The molecule has 0 bridgehead atoms. The van der Waals surface area contributed by atoms with Crippen molar-refractivity contribution >= 4 is 5.71 Å². The Balaban J connectivity index is 1.97. The minimum absolute atomic E-state index is 0.600. The molecule has 1 aliphatic carbocycles. The zero-order chi connectivity index (χ0) is 12.6. The third-order valence-corrected chi connectivity index (χ3v) is 3.65. The molecule has 92 valence electrons. The number of aliphatic imine (C=N–C) groups is 1. The molecule has 3 aliphatic rings. The largest absolute Gasteiger partial charge is 0.314 e. The second-order valence-electron chi connectivity index (χ2n) is 4.89. The van der Waals surface area contributed by atoms with Gasteiger partial charge >= 0.3 is 0 Å². The minimum atomic E-state index is -0.600. The van der Waals surface area contributed by atoms with E-state index in [1.54, 1.807) is 0 Å². The van der Waals surface area contributed by atoms with Crippen LogP contribution in [0.1, 0.15) is 6.92 Å². The van der Waals surface area contributed by atoms with E-state index in [1.807, 2.05) is 31.2 Å². The summed E-state index contributed by atoms with van der Waals surface area (Å²) < 4.78 is 0. The van der Waals surface area contributed by atoms with Gasteiger partial charge in [-0.1, -0.05) is 0 Å². The fraction of sp³-hybridized carbons (Fsp3) is 0.429. The highest BCUT2D eigenvalue weighted by molar-refractivity contribution is 6.14. The lowest BCUT2D eigenvalue weighted by Crippen LogP contribution is -2.54. The Kier molecular flexibility index (Phi) is 2.66. The van der Waals surface area contributed by atoms with Crippen LogP contribution >= 0.6 is 0 Å². The molecule has 4 nitrogen and oxygen atoms in total. The van der Waals surface area contributed by atoms with Gasteiger partial charge in [0, 0.05) is 37.4 Å². The van der Waals surface area contributed by atoms with E-state index >= 15 is 0 Å². The van der Waals surface area contributed by atoms with Gasteiger partial charge in [-0.15, -0.1) is 0 Å². The summed E-state index contributed by atoms with van der Waals surface area (Å²) in [5.41, 5.74) is 2.47. The number of nitriles is 1. The lowest BCUT2D eigenvalue weighted by Gasteiger charge is -2.38. The second kappa shape index (κ2) is 4.20. The lowest BCUT2D eigenvalue weighted by atomic mass is 9.88. The molecular formula is C14H16N4. The molecule has 1 unspecified atom stereocenters. The van der Waals surface area contributed by atoms with Crippen LogP contribution in [0.5, 0.6) is 0 Å². The summed E-state index contributed by atoms with van der Waals surface area (Å²) in [6.45, 7) is 5.67. The lowest BCUT2D eigenvalue weighted by molar-refractivity contribution is 0.186. The zero-order valence-electron chi connectivity index (χ0n) is 10.5. The maximum Gasteiger partial charge on any atom is 0.147 e. The molecule has 3 rings (SSSR count). The van der Waals surface area contributed by atoms with Gasteiger partial charge in [0.15, 0.2) is 0 Å². The second-order valence-corrected chi connectivity index (χ2v) is 4.89. The van der Waals surface area contributed by atoms with Crippen LogP contribution in [0.25, 0.3) is 0 Å². The first-order valence-electron chi connectivity index (χ1n) is 6.30. The summed E-state index contributed by atoms with van der Waals surface area (Å²) in [7, 11) is 0. The molecule has 0 aromatic rings. The van der Waals surface area contributed by atoms with Gasteiger partial charge in [0.1, 0.15) is 5.54 Å². The molecule has 18 heavy (non-hydrogen) atoms. The quantitative estimate of drug-likeness (QED) is 0.744. The summed E-state index contributed by atoms with van der Waals surface area (Å²) >= 11 is 0. The van der Waals surface area contributed by atoms with Crippen molar-refractivity contribution in [3.8, 4) is 6.07 Å². The summed E-state index contributed by atoms with van der Waals surface area (Å²) in [6, 6.07) is 2.47. The number of nitrogens with one attached hydrogen (secondary N) is 1. The Morgan fingerprint density at radius 2 is 2.22 bits per heavy atom. The Bertz CT molecular complexity index is 526. The zero-order valence-corrected chi connectivity index (χ0v) is 10.5. The number of hydrogen-bond donors (Lipinski definition) is 1. The maximum absolute atomic E-state index is 9.61. The standard InChI is InChI=1S/C14H16N4/c1-11-8-12-9-14(10-15,3-2-13(12)17-11)18-6-4-16-5-7-18/h2-3,8-9,16H,4-7H2,1H3. The third kappa shape index (κ3) is 1.72. The van der Waals surface area contributed by atoms with Gasteiger partial charge in [-0.2, -0.15) is 5.26 Å². The molecule has 0 amide bonds. The van der Waals surface area contributed by atoms with Crippen molar-refractivity contribution in [3.05, 3.63) is 35.6 Å². The van der Waals surface area contributed by atoms with Gasteiger partial charge in [0.2, 0.25) is 0 Å². The Morgan fingerprint density at radius 3 is 2.94 bits per heavy atom. The van der Waals surface area contributed by atoms with E-state index in [0.29, 0.717) is 0 Å². The summed E-state index contributed by atoms with van der Waals surface area (Å²) in [4.78, 5) is 6.67. The smallest absolute Gasteiger partial charge is 0.147 e. The van der Waals surface area contributed by atoms with Crippen molar-refractivity contribution in [1.29, 1.82) is 5.26 Å². The monoisotopic (exact) mass is 240 g/mol. The molecule has 1 fully saturated rings. The molecule has 1 N–H and O–H groups in total. The number of hydrogen-bond acceptors (Lipinski definition) is 4. The molecule has 0 radical (unpaired) electrons. The van der Waals surface area contributed by atoms with E-state index in [9.17, 15) is 5.26 Å².